The zero-order valence-corrected chi connectivity index (χ0v) is 13.2. The quantitative estimate of drug-likeness (QED) is 0.541. The van der Waals surface area contributed by atoms with Crippen LogP contribution in [0, 0.1) is 11.8 Å². The van der Waals surface area contributed by atoms with Crippen LogP contribution < -0.4 is 0 Å². The summed E-state index contributed by atoms with van der Waals surface area (Å²) in [6.45, 7) is 5.80. The maximum Gasteiger partial charge on any atom is 0.133 e. The lowest BCUT2D eigenvalue weighted by atomic mass is 9.73. The molecule has 1 fully saturated rings. The highest BCUT2D eigenvalue weighted by Crippen LogP contribution is 2.44. The average molecular weight is 322 g/mol. The zero-order chi connectivity index (χ0) is 13.1. The zero-order valence-electron chi connectivity index (χ0n) is 10.9. The van der Waals surface area contributed by atoms with E-state index in [1.165, 1.54) is 0 Å². The smallest absolute Gasteiger partial charge is 0.133 e. The van der Waals surface area contributed by atoms with Crippen LogP contribution in [0.25, 0.3) is 0 Å². The maximum absolute atomic E-state index is 11.7. The van der Waals surface area contributed by atoms with Crippen LogP contribution in [-0.2, 0) is 4.79 Å². The number of carbonyl (C=O) groups excluding carboxylic acids is 1. The summed E-state index contributed by atoms with van der Waals surface area (Å²) >= 11 is 10.1. The fourth-order valence-corrected chi connectivity index (χ4v) is 3.50. The topological polar surface area (TPSA) is 17.1 Å². The Balaban J connectivity index is 2.68. The van der Waals surface area contributed by atoms with E-state index in [1.807, 2.05) is 13.0 Å². The van der Waals surface area contributed by atoms with Crippen LogP contribution in [0.2, 0.25) is 0 Å². The molecule has 0 amide bonds. The maximum atomic E-state index is 11.7. The second-order valence-corrected chi connectivity index (χ2v) is 7.27. The van der Waals surface area contributed by atoms with Crippen LogP contribution in [0.4, 0.5) is 0 Å². The summed E-state index contributed by atoms with van der Waals surface area (Å²) in [5.41, 5.74) is 0. The second kappa shape index (κ2) is 6.38. The van der Waals surface area contributed by atoms with Crippen molar-refractivity contribution in [3.05, 3.63) is 12.2 Å². The Kier molecular flexibility index (Phi) is 5.72. The minimum Gasteiger partial charge on any atom is -0.300 e. The third kappa shape index (κ3) is 4.10. The molecule has 0 radical (unpaired) electrons. The molecule has 1 saturated carbocycles. The number of allylic oxidation sites excluding steroid dienone is 2. The molecule has 0 heterocycles. The first-order valence-electron chi connectivity index (χ1n) is 6.33. The Labute approximate surface area is 118 Å². The average Bonchev–Trinajstić information content (AvgIpc) is 2.23. The van der Waals surface area contributed by atoms with E-state index in [1.54, 1.807) is 6.92 Å². The third-order valence-electron chi connectivity index (χ3n) is 3.88. The highest BCUT2D eigenvalue weighted by Gasteiger charge is 2.40. The number of carbonyl (C=O) groups is 1. The van der Waals surface area contributed by atoms with Crippen molar-refractivity contribution < 1.29 is 4.79 Å². The molecule has 0 aromatic carbocycles. The molecule has 1 unspecified atom stereocenters. The molecule has 4 atom stereocenters. The standard InChI is InChI=1S/C14H22BrClO/c1-4-5-6-12(10(2)17)11-7-8-14(3,16)13(15)9-11/h4-5,11-13H,6-9H2,1-3H3/b5-4+/t11-,12?,13-,14-/m0/s1. The fraction of sp³-hybridized carbons (Fsp3) is 0.786. The molecule has 3 heteroatoms. The van der Waals surface area contributed by atoms with Gasteiger partial charge >= 0.3 is 0 Å². The molecule has 1 aliphatic carbocycles. The molecular formula is C14H22BrClO. The van der Waals surface area contributed by atoms with E-state index in [2.05, 4.69) is 28.9 Å². The summed E-state index contributed by atoms with van der Waals surface area (Å²) in [6.07, 6.45) is 8.04. The van der Waals surface area contributed by atoms with Gasteiger partial charge in [0.05, 0.1) is 4.87 Å². The van der Waals surface area contributed by atoms with Crippen LogP contribution in [0.1, 0.15) is 46.5 Å². The molecule has 0 bridgehead atoms. The van der Waals surface area contributed by atoms with Crippen LogP contribution in [0.3, 0.4) is 0 Å². The lowest BCUT2D eigenvalue weighted by Gasteiger charge is -2.39. The normalized spacial score (nSPS) is 36.1. The second-order valence-electron chi connectivity index (χ2n) is 5.30. The Morgan fingerprint density at radius 2 is 2.29 bits per heavy atom. The largest absolute Gasteiger partial charge is 0.300 e. The van der Waals surface area contributed by atoms with Crippen molar-refractivity contribution in [2.75, 3.05) is 0 Å². The van der Waals surface area contributed by atoms with Crippen LogP contribution in [0.15, 0.2) is 12.2 Å². The van der Waals surface area contributed by atoms with Gasteiger partial charge in [0.2, 0.25) is 0 Å². The number of rotatable bonds is 4. The molecule has 98 valence electrons. The third-order valence-corrected chi connectivity index (χ3v) is 5.98. The van der Waals surface area contributed by atoms with Crippen molar-refractivity contribution in [2.45, 2.75) is 56.2 Å². The van der Waals surface area contributed by atoms with Gasteiger partial charge in [-0.25, -0.2) is 0 Å². The Bertz CT molecular complexity index is 299. The van der Waals surface area contributed by atoms with E-state index in [4.69, 9.17) is 11.6 Å². The molecule has 0 spiro atoms. The van der Waals surface area contributed by atoms with Crippen molar-refractivity contribution in [3.63, 3.8) is 0 Å². The first-order chi connectivity index (χ1) is 7.88. The fourth-order valence-electron chi connectivity index (χ4n) is 2.59. The van der Waals surface area contributed by atoms with Crippen molar-refractivity contribution in [1.29, 1.82) is 0 Å². The van der Waals surface area contributed by atoms with Gasteiger partial charge in [-0.1, -0.05) is 28.1 Å². The molecule has 1 aliphatic rings. The van der Waals surface area contributed by atoms with Gasteiger partial charge in [-0.15, -0.1) is 11.6 Å². The van der Waals surface area contributed by atoms with Gasteiger partial charge in [0.25, 0.3) is 0 Å². The highest BCUT2D eigenvalue weighted by atomic mass is 79.9. The summed E-state index contributed by atoms with van der Waals surface area (Å²) in [7, 11) is 0. The minimum atomic E-state index is -0.154. The minimum absolute atomic E-state index is 0.154. The van der Waals surface area contributed by atoms with Crippen LogP contribution in [0.5, 0.6) is 0 Å². The monoisotopic (exact) mass is 320 g/mol. The molecule has 0 aliphatic heterocycles. The van der Waals surface area contributed by atoms with E-state index < -0.39 is 0 Å². The summed E-state index contributed by atoms with van der Waals surface area (Å²) in [4.78, 5) is 11.9. The van der Waals surface area contributed by atoms with Crippen molar-refractivity contribution in [2.24, 2.45) is 11.8 Å². The van der Waals surface area contributed by atoms with Gasteiger partial charge in [0.1, 0.15) is 5.78 Å². The van der Waals surface area contributed by atoms with Gasteiger partial charge in [-0.05, 0) is 52.4 Å². The highest BCUT2D eigenvalue weighted by molar-refractivity contribution is 9.09. The molecule has 0 aromatic rings. The van der Waals surface area contributed by atoms with Gasteiger partial charge in [-0.3, -0.25) is 4.79 Å². The Hall–Kier alpha value is 0.180. The molecule has 0 saturated heterocycles. The Morgan fingerprint density at radius 3 is 2.76 bits per heavy atom. The van der Waals surface area contributed by atoms with E-state index in [9.17, 15) is 4.79 Å². The van der Waals surface area contributed by atoms with Crippen molar-refractivity contribution in [3.8, 4) is 0 Å². The Morgan fingerprint density at radius 1 is 1.65 bits per heavy atom. The van der Waals surface area contributed by atoms with Crippen LogP contribution in [-0.4, -0.2) is 15.5 Å². The molecule has 1 nitrogen and oxygen atoms in total. The van der Waals surface area contributed by atoms with Crippen molar-refractivity contribution in [1.82, 2.24) is 0 Å². The van der Waals surface area contributed by atoms with Gasteiger partial charge in [0.15, 0.2) is 0 Å². The molecule has 17 heavy (non-hydrogen) atoms. The number of ketones is 1. The number of Topliss-reactive ketones (excluding diaryl/α,β-unsaturated/α-hetero) is 1. The van der Waals surface area contributed by atoms with Gasteiger partial charge in [-0.2, -0.15) is 0 Å². The SMILES string of the molecule is C/C=C/CC(C(C)=O)[C@H]1CC[C@](C)(Cl)[C@@H](Br)C1. The van der Waals surface area contributed by atoms with E-state index in [0.29, 0.717) is 16.5 Å². The number of hydrogen-bond donors (Lipinski definition) is 0. The predicted octanol–water partition coefficient (Wildman–Crippen LogP) is 4.72. The van der Waals surface area contributed by atoms with Gasteiger partial charge < -0.3 is 0 Å². The van der Waals surface area contributed by atoms with Gasteiger partial charge in [0, 0.05) is 10.7 Å². The molecule has 0 aromatic heterocycles. The predicted molar refractivity (Wildman–Crippen MR) is 77.9 cm³/mol. The van der Waals surface area contributed by atoms with Crippen molar-refractivity contribution >= 4 is 33.3 Å². The van der Waals surface area contributed by atoms with E-state index in [-0.39, 0.29) is 10.8 Å². The summed E-state index contributed by atoms with van der Waals surface area (Å²) < 4.78 is 0. The van der Waals surface area contributed by atoms with Crippen LogP contribution >= 0.6 is 27.5 Å². The first-order valence-corrected chi connectivity index (χ1v) is 7.62. The summed E-state index contributed by atoms with van der Waals surface area (Å²) in [5, 5.41) is 0. The lowest BCUT2D eigenvalue weighted by Crippen LogP contribution is -2.39. The van der Waals surface area contributed by atoms with E-state index in [0.717, 1.165) is 25.7 Å². The number of hydrogen-bond acceptors (Lipinski definition) is 1. The van der Waals surface area contributed by atoms with E-state index >= 15 is 0 Å². The lowest BCUT2D eigenvalue weighted by molar-refractivity contribution is -0.122. The molecular weight excluding hydrogens is 300 g/mol. The number of halogens is 2. The summed E-state index contributed by atoms with van der Waals surface area (Å²) in [6, 6.07) is 0. The summed E-state index contributed by atoms with van der Waals surface area (Å²) in [5.74, 6) is 0.949. The first kappa shape index (κ1) is 15.2. The molecule has 0 N–H and O–H groups in total. The molecule has 1 rings (SSSR count). The number of alkyl halides is 2.